The molecule has 9 heteroatoms. The van der Waals surface area contributed by atoms with E-state index in [9.17, 15) is 4.79 Å². The second kappa shape index (κ2) is 5.85. The molecule has 0 saturated carbocycles. The van der Waals surface area contributed by atoms with Gasteiger partial charge in [-0.15, -0.1) is 10.2 Å². The Labute approximate surface area is 118 Å². The zero-order chi connectivity index (χ0) is 13.8. The summed E-state index contributed by atoms with van der Waals surface area (Å²) in [7, 11) is 0. The minimum Gasteiger partial charge on any atom is -0.449 e. The molecule has 19 heavy (non-hydrogen) atoms. The van der Waals surface area contributed by atoms with E-state index in [4.69, 9.17) is 33.7 Å². The number of amides is 1. The molecule has 1 heterocycles. The topological polar surface area (TPSA) is 107 Å². The molecule has 2 aromatic rings. The molecule has 0 aliphatic rings. The first-order chi connectivity index (χ1) is 9.08. The van der Waals surface area contributed by atoms with Gasteiger partial charge in [-0.3, -0.25) is 0 Å². The van der Waals surface area contributed by atoms with Crippen LogP contribution in [0, 0.1) is 0 Å². The lowest BCUT2D eigenvalue weighted by atomic mass is 9.99. The number of nitrogens with one attached hydrogen (secondary N) is 1. The number of primary amides is 1. The Hall–Kier alpha value is -1.86. The summed E-state index contributed by atoms with van der Waals surface area (Å²) in [5.74, 6) is -0.138. The second-order valence-electron chi connectivity index (χ2n) is 3.62. The maximum absolute atomic E-state index is 10.7. The van der Waals surface area contributed by atoms with Gasteiger partial charge in [0, 0.05) is 10.0 Å². The highest BCUT2D eigenvalue weighted by Crippen LogP contribution is 2.30. The van der Waals surface area contributed by atoms with Crippen molar-refractivity contribution in [2.75, 3.05) is 6.61 Å². The van der Waals surface area contributed by atoms with Crippen LogP contribution < -0.4 is 5.73 Å². The Morgan fingerprint density at radius 3 is 2.84 bits per heavy atom. The number of nitrogens with two attached hydrogens (primary N) is 1. The van der Waals surface area contributed by atoms with E-state index in [0.29, 0.717) is 21.4 Å². The summed E-state index contributed by atoms with van der Waals surface area (Å²) < 4.78 is 4.79. The van der Waals surface area contributed by atoms with E-state index in [0.717, 1.165) is 0 Å². The van der Waals surface area contributed by atoms with E-state index >= 15 is 0 Å². The van der Waals surface area contributed by atoms with Crippen LogP contribution >= 0.6 is 23.2 Å². The van der Waals surface area contributed by atoms with Crippen LogP contribution in [0.4, 0.5) is 4.79 Å². The minimum atomic E-state index is -0.890. The molecule has 0 bridgehead atoms. The molecule has 0 saturated heterocycles. The number of rotatable bonds is 4. The first-order valence-corrected chi connectivity index (χ1v) is 5.94. The smallest absolute Gasteiger partial charge is 0.404 e. The van der Waals surface area contributed by atoms with Crippen LogP contribution in [0.3, 0.4) is 0 Å². The van der Waals surface area contributed by atoms with Crippen molar-refractivity contribution in [3.8, 4) is 0 Å². The van der Waals surface area contributed by atoms with Gasteiger partial charge < -0.3 is 10.5 Å². The molecule has 1 unspecified atom stereocenters. The van der Waals surface area contributed by atoms with Crippen molar-refractivity contribution in [3.63, 3.8) is 0 Å². The third-order valence-electron chi connectivity index (χ3n) is 2.40. The lowest BCUT2D eigenvalue weighted by Crippen LogP contribution is -2.19. The standard InChI is InChI=1S/C10H9Cl2N5O2/c11-5-1-2-6(8(12)3-5)7(4-19-10(13)18)9-14-16-17-15-9/h1-3,7H,4H2,(H2,13,18)(H,14,15,16,17). The van der Waals surface area contributed by atoms with Crippen LogP contribution in [0.25, 0.3) is 0 Å². The molecule has 3 N–H and O–H groups in total. The van der Waals surface area contributed by atoms with Crippen molar-refractivity contribution >= 4 is 29.3 Å². The third-order valence-corrected chi connectivity index (χ3v) is 2.97. The first-order valence-electron chi connectivity index (χ1n) is 5.18. The maximum atomic E-state index is 10.7. The van der Waals surface area contributed by atoms with Gasteiger partial charge in [-0.05, 0) is 17.7 Å². The molecular formula is C10H9Cl2N5O2. The Morgan fingerprint density at radius 2 is 2.26 bits per heavy atom. The molecule has 7 nitrogen and oxygen atoms in total. The van der Waals surface area contributed by atoms with Crippen LogP contribution in [0.1, 0.15) is 17.3 Å². The number of nitrogens with zero attached hydrogens (tertiary/aromatic N) is 3. The number of aromatic amines is 1. The van der Waals surface area contributed by atoms with Crippen molar-refractivity contribution in [2.24, 2.45) is 5.73 Å². The van der Waals surface area contributed by atoms with Gasteiger partial charge >= 0.3 is 6.09 Å². The fraction of sp³-hybridized carbons (Fsp3) is 0.200. The Balaban J connectivity index is 2.33. The number of ether oxygens (including phenoxy) is 1. The number of H-pyrrole nitrogens is 1. The van der Waals surface area contributed by atoms with Gasteiger partial charge in [-0.2, -0.15) is 5.21 Å². The zero-order valence-corrected chi connectivity index (χ0v) is 11.0. The Bertz CT molecular complexity index is 575. The number of carbonyl (C=O) groups excluding carboxylic acids is 1. The van der Waals surface area contributed by atoms with Gasteiger partial charge in [0.2, 0.25) is 0 Å². The highest BCUT2D eigenvalue weighted by atomic mass is 35.5. The summed E-state index contributed by atoms with van der Waals surface area (Å²) in [4.78, 5) is 10.7. The first kappa shape index (κ1) is 13.6. The largest absolute Gasteiger partial charge is 0.449 e. The Kier molecular flexibility index (Phi) is 4.18. The fourth-order valence-corrected chi connectivity index (χ4v) is 2.11. The predicted molar refractivity (Wildman–Crippen MR) is 68.0 cm³/mol. The normalized spacial score (nSPS) is 12.1. The summed E-state index contributed by atoms with van der Waals surface area (Å²) in [6.45, 7) is -0.0454. The number of tetrazole rings is 1. The van der Waals surface area contributed by atoms with Crippen LogP contribution in [0.5, 0.6) is 0 Å². The highest BCUT2D eigenvalue weighted by molar-refractivity contribution is 6.35. The molecule has 0 spiro atoms. The molecule has 0 aliphatic carbocycles. The van der Waals surface area contributed by atoms with Crippen molar-refractivity contribution in [1.29, 1.82) is 0 Å². The molecular weight excluding hydrogens is 293 g/mol. The number of aromatic nitrogens is 4. The Morgan fingerprint density at radius 1 is 1.47 bits per heavy atom. The van der Waals surface area contributed by atoms with E-state index in [-0.39, 0.29) is 6.61 Å². The predicted octanol–water partition coefficient (Wildman–Crippen LogP) is 1.73. The van der Waals surface area contributed by atoms with E-state index in [1.807, 2.05) is 0 Å². The number of hydrogen-bond acceptors (Lipinski definition) is 5. The van der Waals surface area contributed by atoms with Gasteiger partial charge in [0.05, 0.1) is 5.92 Å². The molecule has 0 radical (unpaired) electrons. The second-order valence-corrected chi connectivity index (χ2v) is 4.46. The maximum Gasteiger partial charge on any atom is 0.404 e. The van der Waals surface area contributed by atoms with Gasteiger partial charge in [0.15, 0.2) is 5.82 Å². The molecule has 100 valence electrons. The van der Waals surface area contributed by atoms with Gasteiger partial charge in [0.1, 0.15) is 6.61 Å². The van der Waals surface area contributed by atoms with E-state index in [2.05, 4.69) is 20.6 Å². The highest BCUT2D eigenvalue weighted by Gasteiger charge is 2.23. The summed E-state index contributed by atoms with van der Waals surface area (Å²) in [6, 6.07) is 4.95. The lowest BCUT2D eigenvalue weighted by Gasteiger charge is -2.14. The van der Waals surface area contributed by atoms with E-state index < -0.39 is 12.0 Å². The van der Waals surface area contributed by atoms with E-state index in [1.54, 1.807) is 18.2 Å². The summed E-state index contributed by atoms with van der Waals surface area (Å²) in [5.41, 5.74) is 5.62. The average Bonchev–Trinajstić information content (AvgIpc) is 2.85. The summed E-state index contributed by atoms with van der Waals surface area (Å²) >= 11 is 11.9. The van der Waals surface area contributed by atoms with Gasteiger partial charge in [-0.1, -0.05) is 34.5 Å². The quantitative estimate of drug-likeness (QED) is 0.894. The van der Waals surface area contributed by atoms with Crippen molar-refractivity contribution in [3.05, 3.63) is 39.6 Å². The monoisotopic (exact) mass is 301 g/mol. The third kappa shape index (κ3) is 3.33. The molecule has 2 rings (SSSR count). The van der Waals surface area contributed by atoms with Crippen molar-refractivity contribution in [2.45, 2.75) is 5.92 Å². The van der Waals surface area contributed by atoms with Crippen LogP contribution in [0.2, 0.25) is 10.0 Å². The number of benzene rings is 1. The van der Waals surface area contributed by atoms with Crippen molar-refractivity contribution in [1.82, 2.24) is 20.6 Å². The molecule has 0 fully saturated rings. The number of hydrogen-bond donors (Lipinski definition) is 2. The van der Waals surface area contributed by atoms with E-state index in [1.165, 1.54) is 0 Å². The van der Waals surface area contributed by atoms with Gasteiger partial charge in [0.25, 0.3) is 0 Å². The molecule has 0 aliphatic heterocycles. The van der Waals surface area contributed by atoms with Crippen LogP contribution in [0.15, 0.2) is 18.2 Å². The molecule has 1 aromatic carbocycles. The SMILES string of the molecule is NC(=O)OCC(c1nn[nH]n1)c1ccc(Cl)cc1Cl. The summed E-state index contributed by atoms with van der Waals surface area (Å²) in [5, 5.41) is 14.4. The lowest BCUT2D eigenvalue weighted by molar-refractivity contribution is 0.152. The number of carbonyl (C=O) groups is 1. The fourth-order valence-electron chi connectivity index (χ4n) is 1.57. The average molecular weight is 302 g/mol. The molecule has 1 aromatic heterocycles. The van der Waals surface area contributed by atoms with Gasteiger partial charge in [-0.25, -0.2) is 4.79 Å². The zero-order valence-electron chi connectivity index (χ0n) is 9.51. The number of halogens is 2. The molecule has 1 amide bonds. The van der Waals surface area contributed by atoms with Crippen LogP contribution in [-0.2, 0) is 4.74 Å². The molecule has 1 atom stereocenters. The van der Waals surface area contributed by atoms with Crippen molar-refractivity contribution < 1.29 is 9.53 Å². The minimum absolute atomic E-state index is 0.0454. The summed E-state index contributed by atoms with van der Waals surface area (Å²) in [6.07, 6.45) is -0.890. The van der Waals surface area contributed by atoms with Crippen LogP contribution in [-0.4, -0.2) is 33.3 Å².